The van der Waals surface area contributed by atoms with E-state index in [1.165, 1.54) is 13.2 Å². The molecule has 0 aliphatic rings. The molecule has 0 aliphatic heterocycles. The van der Waals surface area contributed by atoms with Gasteiger partial charge in [0, 0.05) is 6.20 Å². The lowest BCUT2D eigenvalue weighted by atomic mass is 10.2. The van der Waals surface area contributed by atoms with E-state index in [9.17, 15) is 4.79 Å². The Labute approximate surface area is 84.9 Å². The van der Waals surface area contributed by atoms with Gasteiger partial charge in [0.1, 0.15) is 5.15 Å². The van der Waals surface area contributed by atoms with Crippen molar-refractivity contribution in [3.8, 4) is 0 Å². The molecule has 2 rings (SSSR count). The van der Waals surface area contributed by atoms with Crippen molar-refractivity contribution in [3.05, 3.63) is 29.0 Å². The van der Waals surface area contributed by atoms with E-state index in [0.717, 1.165) is 0 Å². The molecule has 14 heavy (non-hydrogen) atoms. The lowest BCUT2D eigenvalue weighted by Gasteiger charge is -2.01. The number of fused-ring (bicyclic) bond motifs is 1. The molecule has 2 heterocycles. The van der Waals surface area contributed by atoms with E-state index >= 15 is 0 Å². The van der Waals surface area contributed by atoms with Crippen LogP contribution in [0, 0.1) is 0 Å². The van der Waals surface area contributed by atoms with Gasteiger partial charge in [-0.3, -0.25) is 0 Å². The number of hydrogen-bond donors (Lipinski definition) is 1. The van der Waals surface area contributed by atoms with Gasteiger partial charge >= 0.3 is 5.97 Å². The molecule has 0 saturated carbocycles. The third kappa shape index (κ3) is 1.33. The number of nitrogens with zero attached hydrogens (tertiary/aromatic N) is 1. The topological polar surface area (TPSA) is 55.0 Å². The van der Waals surface area contributed by atoms with Gasteiger partial charge in [-0.2, -0.15) is 0 Å². The highest BCUT2D eigenvalue weighted by Crippen LogP contribution is 2.19. The summed E-state index contributed by atoms with van der Waals surface area (Å²) >= 11 is 5.75. The van der Waals surface area contributed by atoms with Gasteiger partial charge in [0.15, 0.2) is 0 Å². The molecule has 2 aromatic rings. The Bertz CT molecular complexity index is 493. The molecule has 72 valence electrons. The maximum Gasteiger partial charge on any atom is 0.340 e. The first-order chi connectivity index (χ1) is 6.72. The second-order valence-electron chi connectivity index (χ2n) is 2.72. The molecule has 5 heteroatoms. The van der Waals surface area contributed by atoms with Crippen LogP contribution in [0.25, 0.3) is 11.0 Å². The van der Waals surface area contributed by atoms with Crippen LogP contribution in [-0.4, -0.2) is 23.0 Å². The minimum absolute atomic E-state index is 0.275. The Morgan fingerprint density at radius 2 is 2.43 bits per heavy atom. The fraction of sp³-hybridized carbons (Fsp3) is 0.111. The van der Waals surface area contributed by atoms with E-state index in [4.69, 9.17) is 11.6 Å². The highest BCUT2D eigenvalue weighted by atomic mass is 35.5. The van der Waals surface area contributed by atoms with Gasteiger partial charge in [-0.25, -0.2) is 9.78 Å². The molecule has 0 radical (unpaired) electrons. The number of ether oxygens (including phenoxy) is 1. The molecule has 0 unspecified atom stereocenters. The summed E-state index contributed by atoms with van der Waals surface area (Å²) in [6.45, 7) is 0. The first kappa shape index (κ1) is 9.02. The molecule has 2 aromatic heterocycles. The van der Waals surface area contributed by atoms with Crippen LogP contribution < -0.4 is 0 Å². The summed E-state index contributed by atoms with van der Waals surface area (Å²) in [6, 6.07) is 3.22. The number of carbonyl (C=O) groups excluding carboxylic acids is 1. The summed E-state index contributed by atoms with van der Waals surface area (Å²) < 4.78 is 4.62. The van der Waals surface area contributed by atoms with Crippen LogP contribution in [0.2, 0.25) is 5.15 Å². The minimum atomic E-state index is -0.429. The van der Waals surface area contributed by atoms with Crippen LogP contribution in [0.5, 0.6) is 0 Å². The number of esters is 1. The molecule has 0 aromatic carbocycles. The molecule has 0 atom stereocenters. The predicted molar refractivity (Wildman–Crippen MR) is 52.4 cm³/mol. The van der Waals surface area contributed by atoms with Crippen LogP contribution in [-0.2, 0) is 4.74 Å². The van der Waals surface area contributed by atoms with Gasteiger partial charge in [0.25, 0.3) is 0 Å². The zero-order valence-corrected chi connectivity index (χ0v) is 8.13. The second-order valence-corrected chi connectivity index (χ2v) is 3.11. The van der Waals surface area contributed by atoms with E-state index in [2.05, 4.69) is 14.7 Å². The third-order valence-corrected chi connectivity index (χ3v) is 2.08. The van der Waals surface area contributed by atoms with Crippen molar-refractivity contribution in [1.29, 1.82) is 0 Å². The fourth-order valence-electron chi connectivity index (χ4n) is 1.28. The molecule has 0 fully saturated rings. The summed E-state index contributed by atoms with van der Waals surface area (Å²) in [5.74, 6) is -0.429. The SMILES string of the molecule is COC(=O)c1cc(Cl)nc2cc[nH]c12. The molecule has 0 bridgehead atoms. The Morgan fingerprint density at radius 3 is 3.14 bits per heavy atom. The van der Waals surface area contributed by atoms with E-state index in [0.29, 0.717) is 16.6 Å². The predicted octanol–water partition coefficient (Wildman–Crippen LogP) is 2.00. The lowest BCUT2D eigenvalue weighted by molar-refractivity contribution is 0.0602. The van der Waals surface area contributed by atoms with Crippen LogP contribution in [0.15, 0.2) is 18.3 Å². The summed E-state index contributed by atoms with van der Waals surface area (Å²) in [4.78, 5) is 18.3. The molecule has 1 N–H and O–H groups in total. The monoisotopic (exact) mass is 210 g/mol. The van der Waals surface area contributed by atoms with Crippen LogP contribution in [0.3, 0.4) is 0 Å². The maximum absolute atomic E-state index is 11.3. The zero-order valence-electron chi connectivity index (χ0n) is 7.37. The van der Waals surface area contributed by atoms with Crippen molar-refractivity contribution in [2.45, 2.75) is 0 Å². The standard InChI is InChI=1S/C9H7ClN2O2/c1-14-9(13)5-4-7(10)12-6-2-3-11-8(5)6/h2-4,11H,1H3. The Hall–Kier alpha value is -1.55. The summed E-state index contributed by atoms with van der Waals surface area (Å²) in [7, 11) is 1.32. The highest BCUT2D eigenvalue weighted by Gasteiger charge is 2.13. The van der Waals surface area contributed by atoms with Crippen molar-refractivity contribution in [2.75, 3.05) is 7.11 Å². The largest absolute Gasteiger partial charge is 0.465 e. The quantitative estimate of drug-likeness (QED) is 0.579. The zero-order chi connectivity index (χ0) is 10.1. The van der Waals surface area contributed by atoms with Gasteiger partial charge in [-0.1, -0.05) is 11.6 Å². The van der Waals surface area contributed by atoms with Crippen LogP contribution in [0.4, 0.5) is 0 Å². The van der Waals surface area contributed by atoms with Crippen molar-refractivity contribution >= 4 is 28.6 Å². The highest BCUT2D eigenvalue weighted by molar-refractivity contribution is 6.30. The Balaban J connectivity index is 2.72. The molecule has 0 aliphatic carbocycles. The molecule has 0 amide bonds. The minimum Gasteiger partial charge on any atom is -0.465 e. The smallest absolute Gasteiger partial charge is 0.340 e. The average Bonchev–Trinajstić information content (AvgIpc) is 2.62. The molecule has 0 saturated heterocycles. The van der Waals surface area contributed by atoms with Crippen LogP contribution >= 0.6 is 11.6 Å². The third-order valence-electron chi connectivity index (χ3n) is 1.89. The maximum atomic E-state index is 11.3. The second kappa shape index (κ2) is 3.31. The number of methoxy groups -OCH3 is 1. The number of halogens is 1. The van der Waals surface area contributed by atoms with E-state index in [-0.39, 0.29) is 5.15 Å². The number of aromatic amines is 1. The Morgan fingerprint density at radius 1 is 1.64 bits per heavy atom. The number of aromatic nitrogens is 2. The van der Waals surface area contributed by atoms with E-state index < -0.39 is 5.97 Å². The van der Waals surface area contributed by atoms with Crippen molar-refractivity contribution in [3.63, 3.8) is 0 Å². The number of hydrogen-bond acceptors (Lipinski definition) is 3. The number of H-pyrrole nitrogens is 1. The molecule has 4 nitrogen and oxygen atoms in total. The lowest BCUT2D eigenvalue weighted by Crippen LogP contribution is -2.02. The number of carbonyl (C=O) groups is 1. The first-order valence-electron chi connectivity index (χ1n) is 3.94. The van der Waals surface area contributed by atoms with Gasteiger partial charge in [0.05, 0.1) is 23.7 Å². The normalized spacial score (nSPS) is 10.4. The van der Waals surface area contributed by atoms with E-state index in [1.807, 2.05) is 0 Å². The summed E-state index contributed by atoms with van der Waals surface area (Å²) in [5.41, 5.74) is 1.69. The summed E-state index contributed by atoms with van der Waals surface area (Å²) in [5, 5.41) is 0.275. The van der Waals surface area contributed by atoms with Crippen molar-refractivity contribution in [2.24, 2.45) is 0 Å². The summed E-state index contributed by atoms with van der Waals surface area (Å²) in [6.07, 6.45) is 1.69. The van der Waals surface area contributed by atoms with Gasteiger partial charge in [0.2, 0.25) is 0 Å². The molecule has 0 spiro atoms. The van der Waals surface area contributed by atoms with Gasteiger partial charge in [-0.05, 0) is 12.1 Å². The van der Waals surface area contributed by atoms with E-state index in [1.54, 1.807) is 12.3 Å². The van der Waals surface area contributed by atoms with Crippen molar-refractivity contribution in [1.82, 2.24) is 9.97 Å². The number of pyridine rings is 1. The number of rotatable bonds is 1. The van der Waals surface area contributed by atoms with Crippen molar-refractivity contribution < 1.29 is 9.53 Å². The molecular weight excluding hydrogens is 204 g/mol. The first-order valence-corrected chi connectivity index (χ1v) is 4.32. The number of nitrogens with one attached hydrogen (secondary N) is 1. The van der Waals surface area contributed by atoms with Crippen LogP contribution in [0.1, 0.15) is 10.4 Å². The fourth-order valence-corrected chi connectivity index (χ4v) is 1.48. The average molecular weight is 211 g/mol. The molecular formula is C9H7ClN2O2. The Kier molecular flexibility index (Phi) is 2.13. The van der Waals surface area contributed by atoms with Gasteiger partial charge in [-0.15, -0.1) is 0 Å². The van der Waals surface area contributed by atoms with Gasteiger partial charge < -0.3 is 9.72 Å².